The van der Waals surface area contributed by atoms with Crippen LogP contribution >= 0.6 is 0 Å². The van der Waals surface area contributed by atoms with Gasteiger partial charge in [-0.3, -0.25) is 4.79 Å². The van der Waals surface area contributed by atoms with E-state index >= 15 is 0 Å². The maximum absolute atomic E-state index is 13.1. The van der Waals surface area contributed by atoms with E-state index in [0.717, 1.165) is 38.5 Å². The molecule has 0 aromatic heterocycles. The molecular weight excluding hydrogens is 1040 g/mol. The number of unbranched alkanes of at least 4 members (excludes halogenated alkanes) is 58. The topological polar surface area (TPSA) is 149 Å². The van der Waals surface area contributed by atoms with Crippen LogP contribution in [0.1, 0.15) is 406 Å². The number of hydrogen-bond acceptors (Lipinski definition) is 8. The van der Waals surface area contributed by atoms with Crippen LogP contribution < -0.4 is 5.32 Å². The average Bonchev–Trinajstić information content (AvgIpc) is 3.70. The largest absolute Gasteiger partial charge is 0.394 e. The zero-order chi connectivity index (χ0) is 60.7. The van der Waals surface area contributed by atoms with Gasteiger partial charge in [0.2, 0.25) is 5.91 Å². The van der Waals surface area contributed by atoms with E-state index in [1.807, 2.05) is 6.08 Å². The Bertz CT molecular complexity index is 1330. The van der Waals surface area contributed by atoms with E-state index in [0.29, 0.717) is 6.42 Å². The van der Waals surface area contributed by atoms with Crippen LogP contribution in [0.15, 0.2) is 12.2 Å². The number of amides is 1. The molecule has 9 heteroatoms. The van der Waals surface area contributed by atoms with E-state index in [1.54, 1.807) is 6.08 Å². The molecule has 84 heavy (non-hydrogen) atoms. The molecule has 1 fully saturated rings. The fraction of sp³-hybridized carbons (Fsp3) is 0.960. The molecule has 1 heterocycles. The van der Waals surface area contributed by atoms with Gasteiger partial charge in [-0.25, -0.2) is 0 Å². The molecule has 1 saturated heterocycles. The summed E-state index contributed by atoms with van der Waals surface area (Å²) in [5.41, 5.74) is 0. The first-order valence-electron chi connectivity index (χ1n) is 37.9. The number of hydrogen-bond donors (Lipinski definition) is 6. The second kappa shape index (κ2) is 64.9. The van der Waals surface area contributed by atoms with E-state index in [-0.39, 0.29) is 12.5 Å². The number of aliphatic hydroxyl groups is 5. The maximum atomic E-state index is 13.1. The van der Waals surface area contributed by atoms with Crippen molar-refractivity contribution in [1.29, 1.82) is 0 Å². The molecule has 7 unspecified atom stereocenters. The summed E-state index contributed by atoms with van der Waals surface area (Å²) < 4.78 is 11.3. The fourth-order valence-corrected chi connectivity index (χ4v) is 12.7. The summed E-state index contributed by atoms with van der Waals surface area (Å²) in [7, 11) is 0. The van der Waals surface area contributed by atoms with E-state index < -0.39 is 49.5 Å². The minimum absolute atomic E-state index is 0.166. The highest BCUT2D eigenvalue weighted by molar-refractivity contribution is 5.76. The highest BCUT2D eigenvalue weighted by Gasteiger charge is 2.44. The maximum Gasteiger partial charge on any atom is 0.220 e. The first kappa shape index (κ1) is 80.9. The van der Waals surface area contributed by atoms with Crippen LogP contribution in [0.2, 0.25) is 0 Å². The summed E-state index contributed by atoms with van der Waals surface area (Å²) in [4.78, 5) is 13.1. The van der Waals surface area contributed by atoms with E-state index in [4.69, 9.17) is 9.47 Å². The van der Waals surface area contributed by atoms with Gasteiger partial charge in [0.1, 0.15) is 24.4 Å². The highest BCUT2D eigenvalue weighted by Crippen LogP contribution is 2.24. The molecule has 1 aliphatic heterocycles. The highest BCUT2D eigenvalue weighted by atomic mass is 16.7. The summed E-state index contributed by atoms with van der Waals surface area (Å²) >= 11 is 0. The number of ether oxygens (including phenoxy) is 2. The molecule has 7 atom stereocenters. The molecule has 500 valence electrons. The molecule has 0 bridgehead atoms. The Labute approximate surface area is 522 Å². The third-order valence-electron chi connectivity index (χ3n) is 18.6. The van der Waals surface area contributed by atoms with Crippen LogP contribution in [0.5, 0.6) is 0 Å². The first-order chi connectivity index (χ1) is 41.3. The summed E-state index contributed by atoms with van der Waals surface area (Å²) in [6.07, 6.45) is 77.8. The third kappa shape index (κ3) is 52.8. The molecule has 0 saturated carbocycles. The lowest BCUT2D eigenvalue weighted by atomic mass is 9.99. The minimum Gasteiger partial charge on any atom is -0.394 e. The molecule has 0 aromatic carbocycles. The van der Waals surface area contributed by atoms with Crippen LogP contribution in [-0.4, -0.2) is 87.5 Å². The quantitative estimate of drug-likeness (QED) is 0.0261. The number of rotatable bonds is 68. The van der Waals surface area contributed by atoms with Crippen molar-refractivity contribution in [3.63, 3.8) is 0 Å². The van der Waals surface area contributed by atoms with Gasteiger partial charge in [0.05, 0.1) is 25.4 Å². The van der Waals surface area contributed by atoms with Crippen molar-refractivity contribution in [2.75, 3.05) is 13.2 Å². The standard InChI is InChI=1S/C75H147NO8/c1-3-5-7-9-11-13-15-17-19-21-23-25-27-29-31-33-34-35-36-37-38-40-42-44-46-48-50-52-54-56-58-60-62-64-69(78)68(67-83-75-74(82)73(81)72(80)70(66-77)84-75)76-71(79)65-63-61-59-57-55-53-51-49-47-45-43-41-39-32-30-28-26-24-22-20-18-16-14-12-10-8-6-4-2/h62,64,68-70,72-75,77-78,80-82H,3-61,63,65-67H2,1-2H3,(H,76,79)/b64-62+. The van der Waals surface area contributed by atoms with Crippen molar-refractivity contribution in [3.05, 3.63) is 12.2 Å². The van der Waals surface area contributed by atoms with E-state index in [1.165, 1.54) is 347 Å². The molecule has 6 N–H and O–H groups in total. The Hall–Kier alpha value is -1.07. The van der Waals surface area contributed by atoms with Gasteiger partial charge < -0.3 is 40.3 Å². The second-order valence-electron chi connectivity index (χ2n) is 26.8. The van der Waals surface area contributed by atoms with E-state index in [2.05, 4.69) is 19.2 Å². The zero-order valence-corrected chi connectivity index (χ0v) is 56.2. The lowest BCUT2D eigenvalue weighted by Gasteiger charge is -2.40. The normalized spacial score (nSPS) is 18.1. The SMILES string of the molecule is CCCCCCCCCCCCCCCCCCCCCCCCCCCCCCCCC/C=C/C(O)C(COC1OC(CO)C(O)C(O)C1O)NC(=O)CCCCCCCCCCCCCCCCCCCCCCCCCCCCCC. The Morgan fingerprint density at radius 2 is 0.655 bits per heavy atom. The third-order valence-corrected chi connectivity index (χ3v) is 18.6. The summed E-state index contributed by atoms with van der Waals surface area (Å²) in [5, 5.41) is 54.9. The molecule has 0 aliphatic carbocycles. The summed E-state index contributed by atoms with van der Waals surface area (Å²) in [6.45, 7) is 3.85. The van der Waals surface area contributed by atoms with Crippen molar-refractivity contribution in [1.82, 2.24) is 5.32 Å². The fourth-order valence-electron chi connectivity index (χ4n) is 12.7. The summed E-state index contributed by atoms with van der Waals surface area (Å²) in [5.74, 6) is -0.166. The van der Waals surface area contributed by atoms with Crippen molar-refractivity contribution in [2.24, 2.45) is 0 Å². The van der Waals surface area contributed by atoms with Crippen molar-refractivity contribution >= 4 is 5.91 Å². The average molecular weight is 1190 g/mol. The molecule has 1 rings (SSSR count). The Balaban J connectivity index is 2.08. The predicted molar refractivity (Wildman–Crippen MR) is 360 cm³/mol. The van der Waals surface area contributed by atoms with Crippen LogP contribution in [0.3, 0.4) is 0 Å². The van der Waals surface area contributed by atoms with Crippen LogP contribution in [-0.2, 0) is 14.3 Å². The number of aliphatic hydroxyl groups excluding tert-OH is 5. The van der Waals surface area contributed by atoms with Gasteiger partial charge in [0, 0.05) is 6.42 Å². The Kier molecular flexibility index (Phi) is 62.5. The van der Waals surface area contributed by atoms with Gasteiger partial charge >= 0.3 is 0 Å². The molecule has 0 aromatic rings. The van der Waals surface area contributed by atoms with Crippen molar-refractivity contribution in [3.8, 4) is 0 Å². The molecule has 1 aliphatic rings. The van der Waals surface area contributed by atoms with Gasteiger partial charge in [-0.2, -0.15) is 0 Å². The number of carbonyl (C=O) groups excluding carboxylic acids is 1. The van der Waals surface area contributed by atoms with Crippen molar-refractivity contribution in [2.45, 2.75) is 448 Å². The zero-order valence-electron chi connectivity index (χ0n) is 56.2. The number of carbonyl (C=O) groups is 1. The minimum atomic E-state index is -1.56. The van der Waals surface area contributed by atoms with Gasteiger partial charge in [-0.05, 0) is 19.3 Å². The monoisotopic (exact) mass is 1190 g/mol. The molecular formula is C75H147NO8. The summed E-state index contributed by atoms with van der Waals surface area (Å²) in [6, 6.07) is -0.803. The molecule has 0 radical (unpaired) electrons. The molecule has 0 spiro atoms. The Morgan fingerprint density at radius 3 is 0.929 bits per heavy atom. The molecule has 9 nitrogen and oxygen atoms in total. The second-order valence-corrected chi connectivity index (χ2v) is 26.8. The lowest BCUT2D eigenvalue weighted by molar-refractivity contribution is -0.302. The predicted octanol–water partition coefficient (Wildman–Crippen LogP) is 21.0. The van der Waals surface area contributed by atoms with Gasteiger partial charge in [-0.1, -0.05) is 392 Å². The lowest BCUT2D eigenvalue weighted by Crippen LogP contribution is -2.60. The molecule has 1 amide bonds. The number of allylic oxidation sites excluding steroid dienone is 1. The van der Waals surface area contributed by atoms with Crippen LogP contribution in [0.4, 0.5) is 0 Å². The van der Waals surface area contributed by atoms with Crippen molar-refractivity contribution < 1.29 is 39.8 Å². The van der Waals surface area contributed by atoms with Gasteiger partial charge in [-0.15, -0.1) is 0 Å². The number of nitrogens with one attached hydrogen (secondary N) is 1. The van der Waals surface area contributed by atoms with E-state index in [9.17, 15) is 30.3 Å². The van der Waals surface area contributed by atoms with Crippen LogP contribution in [0, 0.1) is 0 Å². The Morgan fingerprint density at radius 1 is 0.393 bits per heavy atom. The van der Waals surface area contributed by atoms with Gasteiger partial charge in [0.25, 0.3) is 0 Å². The van der Waals surface area contributed by atoms with Crippen LogP contribution in [0.25, 0.3) is 0 Å². The van der Waals surface area contributed by atoms with Gasteiger partial charge in [0.15, 0.2) is 6.29 Å². The smallest absolute Gasteiger partial charge is 0.220 e. The first-order valence-corrected chi connectivity index (χ1v) is 37.9.